The number of hydrogen-bond donors (Lipinski definition) is 1. The molecule has 1 aliphatic rings. The van der Waals surface area contributed by atoms with Crippen LogP contribution in [0.4, 0.5) is 9.18 Å². The van der Waals surface area contributed by atoms with Gasteiger partial charge in [0, 0.05) is 50.8 Å². The highest BCUT2D eigenvalue weighted by Crippen LogP contribution is 2.28. The third-order valence-corrected chi connectivity index (χ3v) is 5.24. The van der Waals surface area contributed by atoms with Gasteiger partial charge in [0.2, 0.25) is 0 Å². The van der Waals surface area contributed by atoms with Crippen LogP contribution in [0.25, 0.3) is 11.6 Å². The molecule has 1 N–H and O–H groups in total. The summed E-state index contributed by atoms with van der Waals surface area (Å²) in [7, 11) is 1.69. The van der Waals surface area contributed by atoms with Gasteiger partial charge in [0.15, 0.2) is 11.5 Å². The third-order valence-electron chi connectivity index (χ3n) is 5.24. The van der Waals surface area contributed by atoms with Crippen LogP contribution in [0.5, 0.6) is 0 Å². The summed E-state index contributed by atoms with van der Waals surface area (Å²) >= 11 is 0. The van der Waals surface area contributed by atoms with Crippen LogP contribution in [-0.4, -0.2) is 51.1 Å². The van der Waals surface area contributed by atoms with Gasteiger partial charge < -0.3 is 19.5 Å². The number of fused-ring (bicyclic) bond motifs is 1. The number of amides is 2. The average molecular weight is 428 g/mol. The second-order valence-electron chi connectivity index (χ2n) is 7.36. The van der Waals surface area contributed by atoms with Crippen LogP contribution in [0, 0.1) is 5.82 Å². The number of rotatable bonds is 7. The van der Waals surface area contributed by atoms with E-state index in [0.717, 1.165) is 29.8 Å². The number of hydrogen-bond acceptors (Lipinski definition) is 6. The molecule has 1 aliphatic heterocycles. The Bertz CT molecular complexity index is 1050. The minimum absolute atomic E-state index is 0.235. The Labute approximate surface area is 179 Å². The van der Waals surface area contributed by atoms with Gasteiger partial charge >= 0.3 is 6.03 Å². The summed E-state index contributed by atoms with van der Waals surface area (Å²) < 4.78 is 25.9. The standard InChI is InChI=1S/C21H25FN6O3/c1-3-28-17-9-11-30-13-16(17)19(25-28)20-24-18(26-31-20)8-10-27(2)21(29)23-12-14-4-6-15(22)7-5-14/h4-7H,3,8-13H2,1-2H3,(H,23,29). The van der Waals surface area contributed by atoms with Crippen molar-refractivity contribution in [3.63, 3.8) is 0 Å². The summed E-state index contributed by atoms with van der Waals surface area (Å²) in [5, 5.41) is 11.5. The Morgan fingerprint density at radius 2 is 2.13 bits per heavy atom. The zero-order valence-corrected chi connectivity index (χ0v) is 17.6. The molecule has 9 nitrogen and oxygen atoms in total. The highest BCUT2D eigenvalue weighted by Gasteiger charge is 2.25. The van der Waals surface area contributed by atoms with Gasteiger partial charge in [0.25, 0.3) is 5.89 Å². The lowest BCUT2D eigenvalue weighted by Gasteiger charge is -2.17. The van der Waals surface area contributed by atoms with Crippen molar-refractivity contribution >= 4 is 6.03 Å². The number of likely N-dealkylation sites (N-methyl/N-ethyl adjacent to an activating group) is 1. The highest BCUT2D eigenvalue weighted by atomic mass is 19.1. The van der Waals surface area contributed by atoms with E-state index >= 15 is 0 Å². The number of carbonyl (C=O) groups excluding carboxylic acids is 1. The summed E-state index contributed by atoms with van der Waals surface area (Å²) in [5.41, 5.74) is 3.65. The maximum atomic E-state index is 13.0. The topological polar surface area (TPSA) is 98.3 Å². The molecule has 0 unspecified atom stereocenters. The first-order valence-electron chi connectivity index (χ1n) is 10.3. The van der Waals surface area contributed by atoms with Crippen molar-refractivity contribution in [1.82, 2.24) is 30.1 Å². The normalized spacial score (nSPS) is 13.1. The Kier molecular flexibility index (Phi) is 6.26. The van der Waals surface area contributed by atoms with Crippen LogP contribution < -0.4 is 5.32 Å². The van der Waals surface area contributed by atoms with Crippen molar-refractivity contribution in [2.24, 2.45) is 0 Å². The van der Waals surface area contributed by atoms with Gasteiger partial charge in [-0.15, -0.1) is 0 Å². The molecule has 3 aromatic rings. The molecule has 0 spiro atoms. The van der Waals surface area contributed by atoms with E-state index in [4.69, 9.17) is 9.26 Å². The minimum Gasteiger partial charge on any atom is -0.376 e. The fourth-order valence-corrected chi connectivity index (χ4v) is 3.48. The van der Waals surface area contributed by atoms with Gasteiger partial charge in [-0.2, -0.15) is 10.1 Å². The molecule has 3 heterocycles. The number of nitrogens with zero attached hydrogens (tertiary/aromatic N) is 5. The summed E-state index contributed by atoms with van der Waals surface area (Å²) in [5.74, 6) is 0.568. The van der Waals surface area contributed by atoms with Crippen LogP contribution in [0.1, 0.15) is 29.6 Å². The second kappa shape index (κ2) is 9.25. The Hall–Kier alpha value is -3.27. The zero-order chi connectivity index (χ0) is 21.8. The maximum absolute atomic E-state index is 13.0. The van der Waals surface area contributed by atoms with E-state index in [2.05, 4.69) is 20.6 Å². The Balaban J connectivity index is 1.33. The summed E-state index contributed by atoms with van der Waals surface area (Å²) in [6.45, 7) is 4.72. The van der Waals surface area contributed by atoms with Gasteiger partial charge in [0.1, 0.15) is 5.82 Å². The van der Waals surface area contributed by atoms with Gasteiger partial charge in [-0.05, 0) is 24.6 Å². The number of aromatic nitrogens is 4. The predicted octanol–water partition coefficient (Wildman–Crippen LogP) is 2.55. The smallest absolute Gasteiger partial charge is 0.317 e. The molecule has 0 saturated carbocycles. The lowest BCUT2D eigenvalue weighted by molar-refractivity contribution is 0.109. The molecule has 164 valence electrons. The predicted molar refractivity (Wildman–Crippen MR) is 110 cm³/mol. The lowest BCUT2D eigenvalue weighted by atomic mass is 10.1. The molecule has 0 atom stereocenters. The third kappa shape index (κ3) is 4.74. The van der Waals surface area contributed by atoms with Crippen molar-refractivity contribution in [3.8, 4) is 11.6 Å². The molecule has 10 heteroatoms. The van der Waals surface area contributed by atoms with E-state index < -0.39 is 0 Å². The van der Waals surface area contributed by atoms with Gasteiger partial charge in [0.05, 0.1) is 13.2 Å². The van der Waals surface area contributed by atoms with E-state index in [1.807, 2.05) is 11.6 Å². The molecule has 2 amide bonds. The summed E-state index contributed by atoms with van der Waals surface area (Å²) in [4.78, 5) is 18.3. The van der Waals surface area contributed by atoms with Gasteiger partial charge in [-0.25, -0.2) is 9.18 Å². The van der Waals surface area contributed by atoms with Crippen molar-refractivity contribution in [2.75, 3.05) is 20.2 Å². The number of carbonyl (C=O) groups is 1. The van der Waals surface area contributed by atoms with Gasteiger partial charge in [-0.1, -0.05) is 17.3 Å². The Morgan fingerprint density at radius 1 is 1.32 bits per heavy atom. The molecule has 1 aromatic carbocycles. The molecule has 0 aliphatic carbocycles. The fourth-order valence-electron chi connectivity index (χ4n) is 3.48. The zero-order valence-electron chi connectivity index (χ0n) is 17.6. The van der Waals surface area contributed by atoms with Crippen LogP contribution >= 0.6 is 0 Å². The molecule has 4 rings (SSSR count). The molecule has 0 saturated heterocycles. The number of urea groups is 1. The Morgan fingerprint density at radius 3 is 2.90 bits per heavy atom. The molecule has 0 fully saturated rings. The second-order valence-corrected chi connectivity index (χ2v) is 7.36. The largest absolute Gasteiger partial charge is 0.376 e. The number of benzene rings is 1. The van der Waals surface area contributed by atoms with E-state index in [9.17, 15) is 9.18 Å². The van der Waals surface area contributed by atoms with Crippen LogP contribution in [0.15, 0.2) is 28.8 Å². The van der Waals surface area contributed by atoms with Crippen molar-refractivity contribution in [3.05, 3.63) is 52.7 Å². The molecule has 2 aromatic heterocycles. The van der Waals surface area contributed by atoms with Crippen molar-refractivity contribution in [1.29, 1.82) is 0 Å². The first-order chi connectivity index (χ1) is 15.0. The fraction of sp³-hybridized carbons (Fsp3) is 0.429. The molecular weight excluding hydrogens is 403 g/mol. The number of nitrogens with one attached hydrogen (secondary N) is 1. The lowest BCUT2D eigenvalue weighted by Crippen LogP contribution is -2.38. The van der Waals surface area contributed by atoms with Crippen LogP contribution in [-0.2, 0) is 37.3 Å². The van der Waals surface area contributed by atoms with E-state index in [0.29, 0.717) is 50.1 Å². The SMILES string of the molecule is CCn1nc(-c2nc(CCN(C)C(=O)NCc3ccc(F)cc3)no2)c2c1CCOC2. The van der Waals surface area contributed by atoms with E-state index in [1.165, 1.54) is 12.1 Å². The first-order valence-corrected chi connectivity index (χ1v) is 10.3. The average Bonchev–Trinajstić information content (AvgIpc) is 3.41. The first kappa shape index (κ1) is 21.0. The quantitative estimate of drug-likeness (QED) is 0.621. The molecule has 0 bridgehead atoms. The summed E-state index contributed by atoms with van der Waals surface area (Å²) in [6, 6.07) is 5.78. The molecule has 31 heavy (non-hydrogen) atoms. The van der Waals surface area contributed by atoms with Crippen LogP contribution in [0.3, 0.4) is 0 Å². The monoisotopic (exact) mass is 428 g/mol. The van der Waals surface area contributed by atoms with Gasteiger partial charge in [-0.3, -0.25) is 4.68 Å². The van der Waals surface area contributed by atoms with E-state index in [1.54, 1.807) is 24.1 Å². The number of halogens is 1. The minimum atomic E-state index is -0.304. The molecule has 0 radical (unpaired) electrons. The molecular formula is C21H25FN6O3. The van der Waals surface area contributed by atoms with Crippen molar-refractivity contribution in [2.45, 2.75) is 39.5 Å². The van der Waals surface area contributed by atoms with Crippen LogP contribution in [0.2, 0.25) is 0 Å². The van der Waals surface area contributed by atoms with E-state index in [-0.39, 0.29) is 11.8 Å². The number of ether oxygens (including phenoxy) is 1. The summed E-state index contributed by atoms with van der Waals surface area (Å²) in [6.07, 6.45) is 1.26. The van der Waals surface area contributed by atoms with Crippen molar-refractivity contribution < 1.29 is 18.4 Å². The highest BCUT2D eigenvalue weighted by molar-refractivity contribution is 5.73. The number of aryl methyl sites for hydroxylation is 1. The maximum Gasteiger partial charge on any atom is 0.317 e.